The summed E-state index contributed by atoms with van der Waals surface area (Å²) in [5.41, 5.74) is 7.72. The van der Waals surface area contributed by atoms with Gasteiger partial charge in [-0.1, -0.05) is 0 Å². The van der Waals surface area contributed by atoms with Crippen LogP contribution in [0.25, 0.3) is 0 Å². The van der Waals surface area contributed by atoms with Gasteiger partial charge in [0.15, 0.2) is 0 Å². The number of carboxylic acid groups (broad SMARTS) is 1. The molecule has 1 fully saturated rings. The third-order valence-corrected chi connectivity index (χ3v) is 3.82. The molecule has 0 bridgehead atoms. The Bertz CT molecular complexity index is 528. The van der Waals surface area contributed by atoms with Gasteiger partial charge in [-0.25, -0.2) is 0 Å². The lowest BCUT2D eigenvalue weighted by Crippen LogP contribution is -2.36. The predicted octanol–water partition coefficient (Wildman–Crippen LogP) is 1.79. The summed E-state index contributed by atoms with van der Waals surface area (Å²) in [7, 11) is 0. The van der Waals surface area contributed by atoms with E-state index in [0.29, 0.717) is 5.56 Å². The normalized spacial score (nSPS) is 18.9. The highest BCUT2D eigenvalue weighted by atomic mass is 16.4. The number of carboxylic acids is 1. The Labute approximate surface area is 118 Å². The van der Waals surface area contributed by atoms with Crippen molar-refractivity contribution in [3.05, 3.63) is 29.3 Å². The number of rotatable bonds is 4. The van der Waals surface area contributed by atoms with E-state index in [9.17, 15) is 9.59 Å². The lowest BCUT2D eigenvalue weighted by molar-refractivity contribution is -0.138. The molecule has 1 aliphatic rings. The maximum atomic E-state index is 11.2. The molecule has 1 saturated heterocycles. The van der Waals surface area contributed by atoms with Gasteiger partial charge in [-0.3, -0.25) is 9.59 Å². The highest BCUT2D eigenvalue weighted by Gasteiger charge is 2.22. The molecule has 3 N–H and O–H groups in total. The fourth-order valence-corrected chi connectivity index (χ4v) is 2.83. The number of anilines is 1. The number of aliphatic carboxylic acids is 1. The van der Waals surface area contributed by atoms with Gasteiger partial charge in [0.25, 0.3) is 0 Å². The molecule has 0 saturated carbocycles. The molecule has 1 aliphatic heterocycles. The molecule has 20 heavy (non-hydrogen) atoms. The number of amides is 1. The van der Waals surface area contributed by atoms with Crippen LogP contribution in [0.3, 0.4) is 0 Å². The fraction of sp³-hybridized carbons (Fsp3) is 0.467. The van der Waals surface area contributed by atoms with Crippen LogP contribution in [0.5, 0.6) is 0 Å². The van der Waals surface area contributed by atoms with Gasteiger partial charge in [-0.2, -0.15) is 0 Å². The monoisotopic (exact) mass is 276 g/mol. The van der Waals surface area contributed by atoms with Crippen molar-refractivity contribution in [3.63, 3.8) is 0 Å². The number of benzene rings is 1. The smallest absolute Gasteiger partial charge is 0.303 e. The van der Waals surface area contributed by atoms with Gasteiger partial charge in [0, 0.05) is 30.8 Å². The summed E-state index contributed by atoms with van der Waals surface area (Å²) in [5, 5.41) is 8.89. The zero-order chi connectivity index (χ0) is 14.7. The maximum absolute atomic E-state index is 11.2. The first-order chi connectivity index (χ1) is 9.47. The van der Waals surface area contributed by atoms with E-state index in [0.717, 1.165) is 37.2 Å². The summed E-state index contributed by atoms with van der Waals surface area (Å²) in [6.07, 6.45) is 2.17. The van der Waals surface area contributed by atoms with E-state index in [2.05, 4.69) is 4.90 Å². The van der Waals surface area contributed by atoms with Crippen molar-refractivity contribution < 1.29 is 14.7 Å². The molecule has 1 aromatic rings. The van der Waals surface area contributed by atoms with E-state index in [4.69, 9.17) is 10.8 Å². The Hall–Kier alpha value is -2.04. The van der Waals surface area contributed by atoms with Crippen LogP contribution in [0.15, 0.2) is 18.2 Å². The van der Waals surface area contributed by atoms with Crippen LogP contribution in [0, 0.1) is 12.8 Å². The number of hydrogen-bond acceptors (Lipinski definition) is 3. The number of hydrogen-bond donors (Lipinski definition) is 2. The zero-order valence-corrected chi connectivity index (χ0v) is 11.6. The number of nitrogens with zero attached hydrogens (tertiary/aromatic N) is 1. The zero-order valence-electron chi connectivity index (χ0n) is 11.6. The van der Waals surface area contributed by atoms with Crippen LogP contribution in [-0.2, 0) is 4.79 Å². The molecular formula is C15H20N2O3. The molecule has 0 radical (unpaired) electrons. The maximum Gasteiger partial charge on any atom is 0.303 e. The number of piperidine rings is 1. The molecule has 0 spiro atoms. The largest absolute Gasteiger partial charge is 0.481 e. The molecule has 5 nitrogen and oxygen atoms in total. The predicted molar refractivity (Wildman–Crippen MR) is 76.9 cm³/mol. The SMILES string of the molecule is Cc1cc(N2CCCC(CC(=O)O)C2)ccc1C(N)=O. The first-order valence-electron chi connectivity index (χ1n) is 6.84. The number of nitrogens with two attached hydrogens (primary N) is 1. The van der Waals surface area contributed by atoms with Crippen molar-refractivity contribution in [1.29, 1.82) is 0 Å². The lowest BCUT2D eigenvalue weighted by Gasteiger charge is -2.34. The second kappa shape index (κ2) is 5.94. The standard InChI is InChI=1S/C15H20N2O3/c1-10-7-12(4-5-13(10)15(16)20)17-6-2-3-11(9-17)8-14(18)19/h4-5,7,11H,2-3,6,8-9H2,1H3,(H2,16,20)(H,18,19). The number of carbonyl (C=O) groups excluding carboxylic acids is 1. The number of aryl methyl sites for hydroxylation is 1. The summed E-state index contributed by atoms with van der Waals surface area (Å²) >= 11 is 0. The minimum absolute atomic E-state index is 0.192. The Balaban J connectivity index is 2.13. The summed E-state index contributed by atoms with van der Waals surface area (Å²) in [6, 6.07) is 5.58. The van der Waals surface area contributed by atoms with Crippen LogP contribution in [0.2, 0.25) is 0 Å². The van der Waals surface area contributed by atoms with E-state index in [1.165, 1.54) is 0 Å². The third-order valence-electron chi connectivity index (χ3n) is 3.82. The molecule has 1 aromatic carbocycles. The van der Waals surface area contributed by atoms with E-state index < -0.39 is 11.9 Å². The Morgan fingerprint density at radius 1 is 1.45 bits per heavy atom. The van der Waals surface area contributed by atoms with Crippen molar-refractivity contribution >= 4 is 17.6 Å². The average molecular weight is 276 g/mol. The first kappa shape index (κ1) is 14.4. The molecule has 1 amide bonds. The fourth-order valence-electron chi connectivity index (χ4n) is 2.83. The van der Waals surface area contributed by atoms with E-state index in [1.807, 2.05) is 19.1 Å². The summed E-state index contributed by atoms with van der Waals surface area (Å²) in [4.78, 5) is 24.2. The first-order valence-corrected chi connectivity index (χ1v) is 6.84. The van der Waals surface area contributed by atoms with Crippen molar-refractivity contribution in [2.45, 2.75) is 26.2 Å². The molecule has 1 heterocycles. The van der Waals surface area contributed by atoms with E-state index in [1.54, 1.807) is 6.07 Å². The quantitative estimate of drug-likeness (QED) is 0.878. The Morgan fingerprint density at radius 2 is 2.20 bits per heavy atom. The van der Waals surface area contributed by atoms with Crippen LogP contribution in [0.1, 0.15) is 35.2 Å². The molecular weight excluding hydrogens is 256 g/mol. The van der Waals surface area contributed by atoms with Crippen LogP contribution < -0.4 is 10.6 Å². The van der Waals surface area contributed by atoms with Gasteiger partial charge >= 0.3 is 5.97 Å². The summed E-state index contributed by atoms with van der Waals surface area (Å²) in [5.74, 6) is -0.967. The Kier molecular flexibility index (Phi) is 4.27. The lowest BCUT2D eigenvalue weighted by atomic mass is 9.94. The van der Waals surface area contributed by atoms with Crippen molar-refractivity contribution in [2.75, 3.05) is 18.0 Å². The molecule has 1 unspecified atom stereocenters. The minimum Gasteiger partial charge on any atom is -0.481 e. The van der Waals surface area contributed by atoms with E-state index in [-0.39, 0.29) is 12.3 Å². The molecule has 0 aliphatic carbocycles. The van der Waals surface area contributed by atoms with Gasteiger partial charge in [0.1, 0.15) is 0 Å². The van der Waals surface area contributed by atoms with Gasteiger partial charge < -0.3 is 15.7 Å². The Morgan fingerprint density at radius 3 is 2.80 bits per heavy atom. The molecule has 108 valence electrons. The molecule has 2 rings (SSSR count). The minimum atomic E-state index is -0.739. The average Bonchev–Trinajstić information content (AvgIpc) is 2.37. The highest BCUT2D eigenvalue weighted by molar-refractivity contribution is 5.94. The number of primary amides is 1. The van der Waals surface area contributed by atoms with Gasteiger partial charge in [0.2, 0.25) is 5.91 Å². The van der Waals surface area contributed by atoms with Crippen LogP contribution in [-0.4, -0.2) is 30.1 Å². The molecule has 0 aromatic heterocycles. The van der Waals surface area contributed by atoms with Crippen molar-refractivity contribution in [2.24, 2.45) is 11.7 Å². The molecule has 5 heteroatoms. The van der Waals surface area contributed by atoms with Crippen LogP contribution >= 0.6 is 0 Å². The van der Waals surface area contributed by atoms with Gasteiger partial charge in [-0.05, 0) is 49.4 Å². The summed E-state index contributed by atoms with van der Waals surface area (Å²) in [6.45, 7) is 3.54. The topological polar surface area (TPSA) is 83.6 Å². The van der Waals surface area contributed by atoms with E-state index >= 15 is 0 Å². The highest BCUT2D eigenvalue weighted by Crippen LogP contribution is 2.26. The van der Waals surface area contributed by atoms with Crippen LogP contribution in [0.4, 0.5) is 5.69 Å². The van der Waals surface area contributed by atoms with Gasteiger partial charge in [-0.15, -0.1) is 0 Å². The second-order valence-electron chi connectivity index (χ2n) is 5.42. The van der Waals surface area contributed by atoms with Crippen molar-refractivity contribution in [3.8, 4) is 0 Å². The number of carbonyl (C=O) groups is 2. The van der Waals surface area contributed by atoms with Crippen molar-refractivity contribution in [1.82, 2.24) is 0 Å². The third kappa shape index (κ3) is 3.29. The second-order valence-corrected chi connectivity index (χ2v) is 5.42. The van der Waals surface area contributed by atoms with Gasteiger partial charge in [0.05, 0.1) is 0 Å². The summed E-state index contributed by atoms with van der Waals surface area (Å²) < 4.78 is 0. The molecule has 1 atom stereocenters.